The van der Waals surface area contributed by atoms with Crippen molar-refractivity contribution in [3.8, 4) is 11.8 Å². The lowest BCUT2D eigenvalue weighted by molar-refractivity contribution is 0.164. The standard InChI is InChI=1S/C5H5ClF2O/c6-5(7,8)3-1-2-4-9/h9H,2,4H2. The van der Waals surface area contributed by atoms with E-state index in [0.717, 1.165) is 0 Å². The third kappa shape index (κ3) is 7.67. The van der Waals surface area contributed by atoms with E-state index in [4.69, 9.17) is 5.11 Å². The van der Waals surface area contributed by atoms with Crippen LogP contribution in [0.25, 0.3) is 0 Å². The first-order valence-corrected chi connectivity index (χ1v) is 2.61. The summed E-state index contributed by atoms with van der Waals surface area (Å²) in [4.78, 5) is 0. The smallest absolute Gasteiger partial charge is 0.385 e. The van der Waals surface area contributed by atoms with Crippen LogP contribution in [0, 0.1) is 11.8 Å². The van der Waals surface area contributed by atoms with Gasteiger partial charge in [-0.2, -0.15) is 8.78 Å². The predicted octanol–water partition coefficient (Wildman–Crippen LogP) is 1.20. The van der Waals surface area contributed by atoms with Gasteiger partial charge in [0.2, 0.25) is 0 Å². The van der Waals surface area contributed by atoms with Crippen LogP contribution in [0.3, 0.4) is 0 Å². The maximum atomic E-state index is 11.6. The van der Waals surface area contributed by atoms with Gasteiger partial charge in [0, 0.05) is 6.42 Å². The Morgan fingerprint density at radius 3 is 2.44 bits per heavy atom. The maximum absolute atomic E-state index is 11.6. The molecule has 0 aliphatic heterocycles. The Labute approximate surface area is 56.6 Å². The Kier molecular flexibility index (Phi) is 3.52. The molecule has 0 bridgehead atoms. The van der Waals surface area contributed by atoms with Crippen molar-refractivity contribution in [3.05, 3.63) is 0 Å². The molecule has 52 valence electrons. The van der Waals surface area contributed by atoms with Crippen LogP contribution in [0.2, 0.25) is 0 Å². The van der Waals surface area contributed by atoms with Crippen molar-refractivity contribution in [2.75, 3.05) is 6.61 Å². The molecule has 0 fully saturated rings. The summed E-state index contributed by atoms with van der Waals surface area (Å²) in [6.07, 6.45) is 0.0301. The molecule has 0 aromatic heterocycles. The summed E-state index contributed by atoms with van der Waals surface area (Å²) in [5.74, 6) is 3.44. The number of alkyl halides is 3. The summed E-state index contributed by atoms with van der Waals surface area (Å²) in [5, 5.41) is 4.62. The number of aliphatic hydroxyl groups is 1. The van der Waals surface area contributed by atoms with Gasteiger partial charge < -0.3 is 5.11 Å². The summed E-state index contributed by atoms with van der Waals surface area (Å²) in [6.45, 7) is -0.222. The second-order valence-corrected chi connectivity index (χ2v) is 1.75. The lowest BCUT2D eigenvalue weighted by atomic mass is 10.4. The van der Waals surface area contributed by atoms with Crippen molar-refractivity contribution in [1.82, 2.24) is 0 Å². The molecule has 0 radical (unpaired) electrons. The van der Waals surface area contributed by atoms with E-state index < -0.39 is 5.38 Å². The Morgan fingerprint density at radius 1 is 1.56 bits per heavy atom. The van der Waals surface area contributed by atoms with Gasteiger partial charge in [-0.3, -0.25) is 0 Å². The van der Waals surface area contributed by atoms with E-state index in [2.05, 4.69) is 11.6 Å². The zero-order chi connectivity index (χ0) is 7.33. The predicted molar refractivity (Wildman–Crippen MR) is 30.3 cm³/mol. The second kappa shape index (κ2) is 3.65. The van der Waals surface area contributed by atoms with Crippen LogP contribution in [0.1, 0.15) is 6.42 Å². The molecule has 9 heavy (non-hydrogen) atoms. The van der Waals surface area contributed by atoms with Crippen molar-refractivity contribution in [2.24, 2.45) is 0 Å². The molecule has 1 N–H and O–H groups in total. The van der Waals surface area contributed by atoms with E-state index in [9.17, 15) is 8.78 Å². The highest BCUT2D eigenvalue weighted by atomic mass is 35.5. The average molecular weight is 155 g/mol. The van der Waals surface area contributed by atoms with E-state index in [-0.39, 0.29) is 13.0 Å². The quantitative estimate of drug-likeness (QED) is 0.445. The minimum atomic E-state index is -3.45. The molecule has 1 nitrogen and oxygen atoms in total. The summed E-state index contributed by atoms with van der Waals surface area (Å²) in [7, 11) is 0. The van der Waals surface area contributed by atoms with Crippen LogP contribution in [0.5, 0.6) is 0 Å². The zero-order valence-corrected chi connectivity index (χ0v) is 5.25. The third-order valence-electron chi connectivity index (χ3n) is 0.467. The molecule has 0 aliphatic carbocycles. The molecule has 0 amide bonds. The van der Waals surface area contributed by atoms with Crippen LogP contribution < -0.4 is 0 Å². The molecule has 0 heterocycles. The molecular formula is C5H5ClF2O. The van der Waals surface area contributed by atoms with Crippen molar-refractivity contribution in [1.29, 1.82) is 0 Å². The van der Waals surface area contributed by atoms with Crippen LogP contribution in [0.15, 0.2) is 0 Å². The van der Waals surface area contributed by atoms with E-state index in [0.29, 0.717) is 0 Å². The van der Waals surface area contributed by atoms with Gasteiger partial charge in [-0.1, -0.05) is 5.92 Å². The summed E-state index contributed by atoms with van der Waals surface area (Å²) >= 11 is 4.38. The van der Waals surface area contributed by atoms with Gasteiger partial charge in [0.15, 0.2) is 0 Å². The van der Waals surface area contributed by atoms with Crippen molar-refractivity contribution in [2.45, 2.75) is 11.8 Å². The van der Waals surface area contributed by atoms with Gasteiger partial charge in [-0.15, -0.1) is 0 Å². The Bertz CT molecular complexity index is 130. The van der Waals surface area contributed by atoms with E-state index >= 15 is 0 Å². The van der Waals surface area contributed by atoms with Gasteiger partial charge in [0.05, 0.1) is 6.61 Å². The Hall–Kier alpha value is -0.330. The molecule has 0 rings (SSSR count). The highest BCUT2D eigenvalue weighted by molar-refractivity contribution is 6.23. The molecule has 0 saturated carbocycles. The number of hydrogen-bond acceptors (Lipinski definition) is 1. The monoisotopic (exact) mass is 154 g/mol. The Morgan fingerprint density at radius 2 is 2.11 bits per heavy atom. The Balaban J connectivity index is 3.59. The largest absolute Gasteiger partial charge is 0.395 e. The van der Waals surface area contributed by atoms with E-state index in [1.54, 1.807) is 0 Å². The number of hydrogen-bond donors (Lipinski definition) is 1. The molecule has 0 spiro atoms. The molecule has 0 unspecified atom stereocenters. The molecule has 0 atom stereocenters. The minimum absolute atomic E-state index is 0.0301. The van der Waals surface area contributed by atoms with E-state index in [1.807, 2.05) is 5.92 Å². The first kappa shape index (κ1) is 8.67. The molecule has 0 aliphatic rings. The van der Waals surface area contributed by atoms with Gasteiger partial charge in [-0.25, -0.2) is 0 Å². The first-order valence-electron chi connectivity index (χ1n) is 2.24. The number of rotatable bonds is 1. The third-order valence-corrected chi connectivity index (χ3v) is 0.561. The minimum Gasteiger partial charge on any atom is -0.395 e. The van der Waals surface area contributed by atoms with Crippen molar-refractivity contribution in [3.63, 3.8) is 0 Å². The highest BCUT2D eigenvalue weighted by Crippen LogP contribution is 2.16. The first-order chi connectivity index (χ1) is 4.06. The summed E-state index contributed by atoms with van der Waals surface area (Å²) < 4.78 is 23.1. The fraction of sp³-hybridized carbons (Fsp3) is 0.600. The van der Waals surface area contributed by atoms with Crippen LogP contribution in [-0.2, 0) is 0 Å². The molecule has 0 aromatic carbocycles. The van der Waals surface area contributed by atoms with E-state index in [1.165, 1.54) is 5.92 Å². The van der Waals surface area contributed by atoms with Crippen LogP contribution in [0.4, 0.5) is 8.78 Å². The summed E-state index contributed by atoms with van der Waals surface area (Å²) in [5.41, 5.74) is 0. The molecular weight excluding hydrogens is 150 g/mol. The van der Waals surface area contributed by atoms with Crippen LogP contribution in [-0.4, -0.2) is 17.1 Å². The second-order valence-electron chi connectivity index (χ2n) is 1.27. The van der Waals surface area contributed by atoms with Crippen molar-refractivity contribution >= 4 is 11.6 Å². The topological polar surface area (TPSA) is 20.2 Å². The summed E-state index contributed by atoms with van der Waals surface area (Å²) in [6, 6.07) is 0. The lowest BCUT2D eigenvalue weighted by Crippen LogP contribution is -1.99. The zero-order valence-electron chi connectivity index (χ0n) is 4.50. The van der Waals surface area contributed by atoms with Crippen LogP contribution >= 0.6 is 11.6 Å². The number of halogens is 3. The van der Waals surface area contributed by atoms with Gasteiger partial charge >= 0.3 is 5.38 Å². The fourth-order valence-corrected chi connectivity index (χ4v) is 0.285. The molecule has 0 aromatic rings. The fourth-order valence-electron chi connectivity index (χ4n) is 0.219. The SMILES string of the molecule is OCCC#CC(F)(F)Cl. The number of aliphatic hydroxyl groups excluding tert-OH is 1. The molecule has 4 heteroatoms. The van der Waals surface area contributed by atoms with Gasteiger partial charge in [-0.05, 0) is 17.5 Å². The normalized spacial score (nSPS) is 10.2. The lowest BCUT2D eigenvalue weighted by Gasteiger charge is -1.92. The van der Waals surface area contributed by atoms with Gasteiger partial charge in [0.1, 0.15) is 0 Å². The van der Waals surface area contributed by atoms with Crippen molar-refractivity contribution < 1.29 is 13.9 Å². The highest BCUT2D eigenvalue weighted by Gasteiger charge is 2.19. The maximum Gasteiger partial charge on any atom is 0.385 e. The average Bonchev–Trinajstić information content (AvgIpc) is 1.63. The van der Waals surface area contributed by atoms with Gasteiger partial charge in [0.25, 0.3) is 0 Å². The molecule has 0 saturated heterocycles.